The molecular formula is C17H15F3N2O3S. The van der Waals surface area contributed by atoms with Crippen LogP contribution in [0.15, 0.2) is 46.9 Å². The Bertz CT molecular complexity index is 837. The number of benzene rings is 1. The number of aryl methyl sites for hydroxylation is 1. The minimum Gasteiger partial charge on any atom is -0.464 e. The van der Waals surface area contributed by atoms with Crippen LogP contribution in [0, 0.1) is 12.8 Å². The molecule has 2 aromatic rings. The fraction of sp³-hybridized carbons (Fsp3) is 0.294. The van der Waals surface area contributed by atoms with Gasteiger partial charge in [-0.05, 0) is 31.3 Å². The second kappa shape index (κ2) is 6.40. The predicted octanol–water partition coefficient (Wildman–Crippen LogP) is 2.86. The van der Waals surface area contributed by atoms with Crippen molar-refractivity contribution in [2.75, 3.05) is 0 Å². The summed E-state index contributed by atoms with van der Waals surface area (Å²) in [5.41, 5.74) is -3.52. The lowest BCUT2D eigenvalue weighted by Gasteiger charge is -2.45. The Morgan fingerprint density at radius 1 is 1.23 bits per heavy atom. The van der Waals surface area contributed by atoms with Crippen molar-refractivity contribution in [3.05, 3.63) is 59.5 Å². The zero-order valence-electron chi connectivity index (χ0n) is 13.5. The Balaban J connectivity index is 2.15. The van der Waals surface area contributed by atoms with Crippen LogP contribution in [0.1, 0.15) is 27.9 Å². The van der Waals surface area contributed by atoms with Gasteiger partial charge in [0.2, 0.25) is 5.72 Å². The molecule has 3 rings (SSSR count). The van der Waals surface area contributed by atoms with E-state index in [1.54, 1.807) is 19.1 Å². The van der Waals surface area contributed by atoms with E-state index in [1.165, 1.54) is 30.3 Å². The van der Waals surface area contributed by atoms with Crippen LogP contribution in [0.5, 0.6) is 0 Å². The van der Waals surface area contributed by atoms with Crippen molar-refractivity contribution in [1.82, 2.24) is 10.6 Å². The number of furan rings is 1. The first kappa shape index (κ1) is 18.4. The van der Waals surface area contributed by atoms with Crippen LogP contribution in [0.3, 0.4) is 0 Å². The molecule has 2 heterocycles. The van der Waals surface area contributed by atoms with Crippen molar-refractivity contribution in [2.24, 2.45) is 5.92 Å². The highest BCUT2D eigenvalue weighted by molar-refractivity contribution is 7.80. The number of halogens is 3. The van der Waals surface area contributed by atoms with E-state index in [4.69, 9.17) is 16.6 Å². The smallest absolute Gasteiger partial charge is 0.437 e. The molecule has 9 heteroatoms. The molecule has 3 N–H and O–H groups in total. The summed E-state index contributed by atoms with van der Waals surface area (Å²) in [6.45, 7) is 1.62. The van der Waals surface area contributed by atoms with E-state index < -0.39 is 34.8 Å². The van der Waals surface area contributed by atoms with Gasteiger partial charge in [0.15, 0.2) is 10.9 Å². The maximum Gasteiger partial charge on any atom is 0.437 e. The van der Waals surface area contributed by atoms with Gasteiger partial charge in [0.25, 0.3) is 0 Å². The van der Waals surface area contributed by atoms with E-state index in [2.05, 4.69) is 5.32 Å². The molecule has 0 bridgehead atoms. The average Bonchev–Trinajstić information content (AvgIpc) is 3.00. The van der Waals surface area contributed by atoms with Crippen LogP contribution >= 0.6 is 12.2 Å². The molecule has 1 aromatic carbocycles. The number of hydrogen-bond acceptors (Lipinski definition) is 4. The van der Waals surface area contributed by atoms with Crippen LogP contribution in [0.4, 0.5) is 13.2 Å². The minimum absolute atomic E-state index is 0.0323. The molecule has 0 amide bonds. The highest BCUT2D eigenvalue weighted by Crippen LogP contribution is 2.44. The molecule has 1 aromatic heterocycles. The summed E-state index contributed by atoms with van der Waals surface area (Å²) in [6, 6.07) is 9.17. The molecule has 138 valence electrons. The molecule has 0 radical (unpaired) electrons. The number of alkyl halides is 3. The summed E-state index contributed by atoms with van der Waals surface area (Å²) in [4.78, 5) is 12.9. The van der Waals surface area contributed by atoms with E-state index in [9.17, 15) is 23.1 Å². The largest absolute Gasteiger partial charge is 0.464 e. The Kier molecular flexibility index (Phi) is 4.53. The van der Waals surface area contributed by atoms with Gasteiger partial charge in [-0.3, -0.25) is 4.79 Å². The number of ketones is 1. The lowest BCUT2D eigenvalue weighted by atomic mass is 9.79. The van der Waals surface area contributed by atoms with Crippen molar-refractivity contribution in [3.63, 3.8) is 0 Å². The zero-order chi connectivity index (χ0) is 19.1. The lowest BCUT2D eigenvalue weighted by Crippen LogP contribution is -2.72. The standard InChI is InChI=1S/C17H15F3N2O3S/c1-9-7-8-11(25-9)13-12(14(23)10-5-3-2-4-6-10)16(24,17(18,19)20)22-15(26)21-13/h2-8,12-13,24H,1H3,(H2,21,22,26)/t12-,13-,16-/m0/s1. The summed E-state index contributed by atoms with van der Waals surface area (Å²) >= 11 is 4.83. The molecule has 5 nitrogen and oxygen atoms in total. The number of carbonyl (C=O) groups excluding carboxylic acids is 1. The van der Waals surface area contributed by atoms with E-state index in [0.29, 0.717) is 5.76 Å². The maximum atomic E-state index is 13.7. The summed E-state index contributed by atoms with van der Waals surface area (Å²) < 4.78 is 46.6. The van der Waals surface area contributed by atoms with Gasteiger partial charge in [0, 0.05) is 5.56 Å². The van der Waals surface area contributed by atoms with Crippen LogP contribution in [0.25, 0.3) is 0 Å². The van der Waals surface area contributed by atoms with Crippen molar-refractivity contribution in [2.45, 2.75) is 24.9 Å². The van der Waals surface area contributed by atoms with E-state index >= 15 is 0 Å². The Morgan fingerprint density at radius 3 is 2.42 bits per heavy atom. The van der Waals surface area contributed by atoms with E-state index in [0.717, 1.165) is 0 Å². The van der Waals surface area contributed by atoms with Gasteiger partial charge in [-0.25, -0.2) is 0 Å². The lowest BCUT2D eigenvalue weighted by molar-refractivity contribution is -0.286. The first-order chi connectivity index (χ1) is 12.1. The normalized spacial score (nSPS) is 26.1. The summed E-state index contributed by atoms with van der Waals surface area (Å²) in [5, 5.41) is 14.5. The molecule has 0 unspecified atom stereocenters. The monoisotopic (exact) mass is 384 g/mol. The van der Waals surface area contributed by atoms with Gasteiger partial charge in [0.1, 0.15) is 23.5 Å². The number of nitrogens with one attached hydrogen (secondary N) is 2. The SMILES string of the molecule is Cc1ccc([C@@H]2NC(=S)N[C@@](O)(C(F)(F)F)[C@@H]2C(=O)c2ccccc2)o1. The topological polar surface area (TPSA) is 74.5 Å². The van der Waals surface area contributed by atoms with Crippen molar-refractivity contribution in [1.29, 1.82) is 0 Å². The fourth-order valence-corrected chi connectivity index (χ4v) is 3.26. The summed E-state index contributed by atoms with van der Waals surface area (Å²) in [5.74, 6) is -2.33. The highest BCUT2D eigenvalue weighted by atomic mass is 32.1. The third-order valence-corrected chi connectivity index (χ3v) is 4.43. The summed E-state index contributed by atoms with van der Waals surface area (Å²) in [7, 11) is 0. The highest BCUT2D eigenvalue weighted by Gasteiger charge is 2.66. The maximum absolute atomic E-state index is 13.7. The molecule has 1 fully saturated rings. The van der Waals surface area contributed by atoms with Crippen LogP contribution in [0.2, 0.25) is 0 Å². The number of thiocarbonyl (C=S) groups is 1. The molecule has 1 aliphatic rings. The molecule has 0 spiro atoms. The van der Waals surface area contributed by atoms with Gasteiger partial charge in [-0.15, -0.1) is 0 Å². The number of Topliss-reactive ketones (excluding diaryl/α,β-unsaturated/α-hetero) is 1. The molecule has 0 aliphatic carbocycles. The number of aliphatic hydroxyl groups is 1. The van der Waals surface area contributed by atoms with Crippen LogP contribution in [-0.2, 0) is 0 Å². The number of hydrogen-bond donors (Lipinski definition) is 3. The number of carbonyl (C=O) groups is 1. The first-order valence-electron chi connectivity index (χ1n) is 7.67. The van der Waals surface area contributed by atoms with E-state index in [-0.39, 0.29) is 11.3 Å². The van der Waals surface area contributed by atoms with Crippen LogP contribution < -0.4 is 10.6 Å². The van der Waals surface area contributed by atoms with Gasteiger partial charge in [-0.2, -0.15) is 13.2 Å². The predicted molar refractivity (Wildman–Crippen MR) is 90.3 cm³/mol. The van der Waals surface area contributed by atoms with Gasteiger partial charge in [-0.1, -0.05) is 30.3 Å². The Morgan fingerprint density at radius 2 is 1.88 bits per heavy atom. The zero-order valence-corrected chi connectivity index (χ0v) is 14.3. The van der Waals surface area contributed by atoms with Gasteiger partial charge < -0.3 is 20.2 Å². The Labute approximate surface area is 152 Å². The first-order valence-corrected chi connectivity index (χ1v) is 8.07. The minimum atomic E-state index is -5.16. The van der Waals surface area contributed by atoms with Gasteiger partial charge in [0.05, 0.1) is 0 Å². The second-order valence-corrected chi connectivity index (χ2v) is 6.40. The van der Waals surface area contributed by atoms with Crippen molar-refractivity contribution < 1.29 is 27.5 Å². The third kappa shape index (κ3) is 3.08. The molecule has 0 saturated carbocycles. The molecule has 1 saturated heterocycles. The van der Waals surface area contributed by atoms with Crippen LogP contribution in [-0.4, -0.2) is 27.9 Å². The molecular weight excluding hydrogens is 369 g/mol. The van der Waals surface area contributed by atoms with Crippen molar-refractivity contribution in [3.8, 4) is 0 Å². The van der Waals surface area contributed by atoms with Crippen molar-refractivity contribution >= 4 is 23.1 Å². The second-order valence-electron chi connectivity index (χ2n) is 6.00. The fourth-order valence-electron chi connectivity index (χ4n) is 2.98. The molecule has 3 atom stereocenters. The quantitative estimate of drug-likeness (QED) is 0.558. The van der Waals surface area contributed by atoms with Gasteiger partial charge >= 0.3 is 6.18 Å². The molecule has 26 heavy (non-hydrogen) atoms. The Hall–Kier alpha value is -2.39. The molecule has 1 aliphatic heterocycles. The number of rotatable bonds is 3. The van der Waals surface area contributed by atoms with E-state index in [1.807, 2.05) is 5.32 Å². The third-order valence-electron chi connectivity index (χ3n) is 4.21. The summed E-state index contributed by atoms with van der Waals surface area (Å²) in [6.07, 6.45) is -5.16. The average molecular weight is 384 g/mol.